The highest BCUT2D eigenvalue weighted by molar-refractivity contribution is 8.13. The van der Waals surface area contributed by atoms with Gasteiger partial charge in [-0.3, -0.25) is 9.69 Å². The molecular formula is C11H14N2O2S. The van der Waals surface area contributed by atoms with Crippen molar-refractivity contribution < 1.29 is 9.59 Å². The Hall–Kier alpha value is -1.49. The molecule has 0 aliphatic rings. The maximum Gasteiger partial charge on any atom is 0.326 e. The summed E-state index contributed by atoms with van der Waals surface area (Å²) in [4.78, 5) is 26.5. The molecule has 86 valence electrons. The summed E-state index contributed by atoms with van der Waals surface area (Å²) in [6.07, 6.45) is 0. The molecule has 0 radical (unpaired) electrons. The highest BCUT2D eigenvalue weighted by atomic mass is 32.2. The third-order valence-electron chi connectivity index (χ3n) is 1.89. The van der Waals surface area contributed by atoms with Crippen LogP contribution in [0.15, 0.2) is 35.2 Å². The van der Waals surface area contributed by atoms with Gasteiger partial charge in [0, 0.05) is 26.0 Å². The van der Waals surface area contributed by atoms with Gasteiger partial charge in [0.2, 0.25) is 0 Å². The van der Waals surface area contributed by atoms with Gasteiger partial charge in [0.1, 0.15) is 0 Å². The van der Waals surface area contributed by atoms with Gasteiger partial charge in [0.15, 0.2) is 0 Å². The van der Waals surface area contributed by atoms with Gasteiger partial charge < -0.3 is 4.90 Å². The number of urea groups is 1. The van der Waals surface area contributed by atoms with Gasteiger partial charge in [0.05, 0.1) is 0 Å². The minimum Gasteiger partial charge on any atom is -0.330 e. The minimum atomic E-state index is -0.326. The fraction of sp³-hybridized carbons (Fsp3) is 0.273. The van der Waals surface area contributed by atoms with Gasteiger partial charge in [-0.15, -0.1) is 0 Å². The number of nitrogens with zero attached hydrogens (tertiary/aromatic N) is 2. The molecule has 0 aromatic heterocycles. The maximum absolute atomic E-state index is 11.7. The molecule has 1 rings (SSSR count). The number of carbonyl (C=O) groups excluding carboxylic acids is 2. The van der Waals surface area contributed by atoms with Crippen LogP contribution < -0.4 is 0 Å². The summed E-state index contributed by atoms with van der Waals surface area (Å²) in [5, 5.41) is -0.287. The Balaban J connectivity index is 2.63. The lowest BCUT2D eigenvalue weighted by Crippen LogP contribution is -2.38. The van der Waals surface area contributed by atoms with E-state index in [4.69, 9.17) is 0 Å². The molecule has 0 N–H and O–H groups in total. The lowest BCUT2D eigenvalue weighted by Gasteiger charge is -2.19. The van der Waals surface area contributed by atoms with Crippen molar-refractivity contribution in [2.45, 2.75) is 4.90 Å². The minimum absolute atomic E-state index is 0.287. The Morgan fingerprint density at radius 2 is 1.62 bits per heavy atom. The predicted molar refractivity (Wildman–Crippen MR) is 64.5 cm³/mol. The van der Waals surface area contributed by atoms with Crippen LogP contribution in [-0.4, -0.2) is 42.2 Å². The first-order valence-corrected chi connectivity index (χ1v) is 5.56. The Labute approximate surface area is 99.2 Å². The van der Waals surface area contributed by atoms with Gasteiger partial charge in [0.25, 0.3) is 5.24 Å². The van der Waals surface area contributed by atoms with E-state index >= 15 is 0 Å². The zero-order chi connectivity index (χ0) is 12.1. The highest BCUT2D eigenvalue weighted by Crippen LogP contribution is 2.20. The molecule has 0 aliphatic heterocycles. The van der Waals surface area contributed by atoms with E-state index in [0.717, 1.165) is 21.6 Å². The third kappa shape index (κ3) is 3.27. The molecule has 0 unspecified atom stereocenters. The predicted octanol–water partition coefficient (Wildman–Crippen LogP) is 2.51. The molecule has 0 fully saturated rings. The molecule has 5 heteroatoms. The van der Waals surface area contributed by atoms with Crippen molar-refractivity contribution in [2.75, 3.05) is 21.1 Å². The number of rotatable bonds is 1. The molecule has 1 aromatic carbocycles. The van der Waals surface area contributed by atoms with E-state index in [-0.39, 0.29) is 11.3 Å². The molecule has 16 heavy (non-hydrogen) atoms. The zero-order valence-corrected chi connectivity index (χ0v) is 10.3. The number of amides is 3. The third-order valence-corrected chi connectivity index (χ3v) is 2.85. The van der Waals surface area contributed by atoms with Gasteiger partial charge in [-0.25, -0.2) is 4.79 Å². The Morgan fingerprint density at radius 1 is 1.06 bits per heavy atom. The Bertz CT molecular complexity index is 379. The van der Waals surface area contributed by atoms with E-state index in [1.54, 1.807) is 14.1 Å². The average molecular weight is 238 g/mol. The molecule has 0 atom stereocenters. The first-order valence-electron chi connectivity index (χ1n) is 4.74. The highest BCUT2D eigenvalue weighted by Gasteiger charge is 2.18. The maximum atomic E-state index is 11.7. The van der Waals surface area contributed by atoms with Crippen molar-refractivity contribution >= 4 is 23.0 Å². The standard InChI is InChI=1S/C11H14N2O2S/c1-12(2)10(14)13(3)11(15)16-9-7-5-4-6-8-9/h4-8H,1-3H3. The van der Waals surface area contributed by atoms with E-state index in [9.17, 15) is 9.59 Å². The van der Waals surface area contributed by atoms with Crippen LogP contribution in [0.5, 0.6) is 0 Å². The summed E-state index contributed by atoms with van der Waals surface area (Å²) in [6.45, 7) is 0. The van der Waals surface area contributed by atoms with E-state index in [1.807, 2.05) is 30.3 Å². The van der Waals surface area contributed by atoms with Crippen LogP contribution in [0.1, 0.15) is 0 Å². The summed E-state index contributed by atoms with van der Waals surface area (Å²) in [7, 11) is 4.69. The van der Waals surface area contributed by atoms with Crippen molar-refractivity contribution in [3.63, 3.8) is 0 Å². The molecule has 1 aromatic rings. The van der Waals surface area contributed by atoms with Crippen LogP contribution in [0.25, 0.3) is 0 Å². The lowest BCUT2D eigenvalue weighted by atomic mass is 10.4. The van der Waals surface area contributed by atoms with Gasteiger partial charge in [-0.1, -0.05) is 18.2 Å². The van der Waals surface area contributed by atoms with Gasteiger partial charge in [-0.05, 0) is 23.9 Å². The number of carbonyl (C=O) groups is 2. The quantitative estimate of drug-likeness (QED) is 0.706. The van der Waals surface area contributed by atoms with Crippen LogP contribution in [0, 0.1) is 0 Å². The second kappa shape index (κ2) is 5.55. The summed E-state index contributed by atoms with van der Waals surface area (Å²) in [6, 6.07) is 8.91. The number of benzene rings is 1. The summed E-state index contributed by atoms with van der Waals surface area (Å²) in [5.41, 5.74) is 0. The summed E-state index contributed by atoms with van der Waals surface area (Å²) >= 11 is 1.04. The molecule has 0 saturated carbocycles. The molecule has 0 heterocycles. The number of hydrogen-bond donors (Lipinski definition) is 0. The van der Waals surface area contributed by atoms with Crippen molar-refractivity contribution in [1.29, 1.82) is 0 Å². The molecule has 0 spiro atoms. The largest absolute Gasteiger partial charge is 0.330 e. The smallest absolute Gasteiger partial charge is 0.326 e. The fourth-order valence-electron chi connectivity index (χ4n) is 1.04. The Morgan fingerprint density at radius 3 is 2.12 bits per heavy atom. The van der Waals surface area contributed by atoms with Crippen molar-refractivity contribution in [3.05, 3.63) is 30.3 Å². The van der Waals surface area contributed by atoms with Crippen LogP contribution in [0.4, 0.5) is 9.59 Å². The summed E-state index contributed by atoms with van der Waals surface area (Å²) in [5.74, 6) is 0. The summed E-state index contributed by atoms with van der Waals surface area (Å²) < 4.78 is 0. The molecule has 3 amide bonds. The molecular weight excluding hydrogens is 224 g/mol. The first kappa shape index (κ1) is 12.6. The van der Waals surface area contributed by atoms with Crippen molar-refractivity contribution in [3.8, 4) is 0 Å². The zero-order valence-electron chi connectivity index (χ0n) is 9.51. The number of imide groups is 1. The van der Waals surface area contributed by atoms with Crippen molar-refractivity contribution in [2.24, 2.45) is 0 Å². The number of thioether (sulfide) groups is 1. The van der Waals surface area contributed by atoms with Crippen LogP contribution in [-0.2, 0) is 0 Å². The van der Waals surface area contributed by atoms with E-state index in [0.29, 0.717) is 0 Å². The van der Waals surface area contributed by atoms with Crippen LogP contribution >= 0.6 is 11.8 Å². The lowest BCUT2D eigenvalue weighted by molar-refractivity contribution is 0.186. The number of hydrogen-bond acceptors (Lipinski definition) is 3. The van der Waals surface area contributed by atoms with E-state index in [2.05, 4.69) is 0 Å². The first-order chi connectivity index (χ1) is 7.52. The molecule has 4 nitrogen and oxygen atoms in total. The second-order valence-corrected chi connectivity index (χ2v) is 4.44. The Kier molecular flexibility index (Phi) is 4.37. The van der Waals surface area contributed by atoms with Crippen LogP contribution in [0.2, 0.25) is 0 Å². The van der Waals surface area contributed by atoms with E-state index < -0.39 is 0 Å². The topological polar surface area (TPSA) is 40.6 Å². The SMILES string of the molecule is CN(C)C(=O)N(C)C(=O)Sc1ccccc1. The van der Waals surface area contributed by atoms with Gasteiger partial charge in [-0.2, -0.15) is 0 Å². The molecule has 0 bridgehead atoms. The van der Waals surface area contributed by atoms with Crippen molar-refractivity contribution in [1.82, 2.24) is 9.80 Å². The monoisotopic (exact) mass is 238 g/mol. The van der Waals surface area contributed by atoms with Gasteiger partial charge >= 0.3 is 6.03 Å². The molecule has 0 saturated heterocycles. The second-order valence-electron chi connectivity index (χ2n) is 3.42. The fourth-order valence-corrected chi connectivity index (χ4v) is 1.75. The van der Waals surface area contributed by atoms with Crippen LogP contribution in [0.3, 0.4) is 0 Å². The average Bonchev–Trinajstić information content (AvgIpc) is 2.28. The normalized spacial score (nSPS) is 9.69. The molecule has 0 aliphatic carbocycles. The van der Waals surface area contributed by atoms with E-state index in [1.165, 1.54) is 11.9 Å².